The molecule has 0 atom stereocenters. The number of anilines is 1. The lowest BCUT2D eigenvalue weighted by Gasteiger charge is -2.09. The van der Waals surface area contributed by atoms with Crippen molar-refractivity contribution in [1.82, 2.24) is 14.8 Å². The number of carbonyl (C=O) groups is 1. The minimum Gasteiger partial charge on any atom is -0.324 e. The number of amides is 1. The Morgan fingerprint density at radius 3 is 2.38 bits per heavy atom. The molecule has 0 radical (unpaired) electrons. The first kappa shape index (κ1) is 21.9. The molecule has 0 bridgehead atoms. The fourth-order valence-corrected chi connectivity index (χ4v) is 4.41. The Morgan fingerprint density at radius 1 is 0.938 bits per heavy atom. The number of aromatic nitrogens is 3. The first-order valence-electron chi connectivity index (χ1n) is 10.1. The molecule has 0 aliphatic heterocycles. The van der Waals surface area contributed by atoms with Gasteiger partial charge in [-0.1, -0.05) is 78.5 Å². The number of hydrogen-bond acceptors (Lipinski definition) is 5. The van der Waals surface area contributed by atoms with Crippen molar-refractivity contribution in [3.63, 3.8) is 0 Å². The van der Waals surface area contributed by atoms with Gasteiger partial charge in [0.25, 0.3) is 0 Å². The lowest BCUT2D eigenvalue weighted by Crippen LogP contribution is -2.14. The minimum absolute atomic E-state index is 0.0982. The Labute approximate surface area is 196 Å². The van der Waals surface area contributed by atoms with E-state index in [2.05, 4.69) is 17.0 Å². The average Bonchev–Trinajstić information content (AvgIpc) is 3.28. The summed E-state index contributed by atoms with van der Waals surface area (Å²) in [6, 6.07) is 27.6. The molecule has 3 aromatic carbocycles. The lowest BCUT2D eigenvalue weighted by molar-refractivity contribution is -0.113. The second-order valence-corrected chi connectivity index (χ2v) is 8.77. The van der Waals surface area contributed by atoms with Crippen molar-refractivity contribution in [2.45, 2.75) is 10.1 Å². The fourth-order valence-electron chi connectivity index (χ4n) is 3.04. The van der Waals surface area contributed by atoms with Crippen LogP contribution in [-0.2, 0) is 4.79 Å². The van der Waals surface area contributed by atoms with E-state index in [1.54, 1.807) is 11.8 Å². The Hall–Kier alpha value is -3.29. The molecule has 1 N–H and O–H groups in total. The number of benzene rings is 3. The minimum atomic E-state index is -0.0982. The van der Waals surface area contributed by atoms with E-state index in [0.717, 1.165) is 33.4 Å². The summed E-state index contributed by atoms with van der Waals surface area (Å²) in [7, 11) is 0. The highest BCUT2D eigenvalue weighted by Crippen LogP contribution is 2.28. The first-order chi connectivity index (χ1) is 15.7. The van der Waals surface area contributed by atoms with Crippen molar-refractivity contribution in [2.24, 2.45) is 0 Å². The van der Waals surface area contributed by atoms with Crippen molar-refractivity contribution >= 4 is 35.1 Å². The molecule has 1 aromatic heterocycles. The maximum atomic E-state index is 12.6. The van der Waals surface area contributed by atoms with Crippen molar-refractivity contribution < 1.29 is 4.79 Å². The zero-order chi connectivity index (χ0) is 22.2. The molecule has 7 heteroatoms. The van der Waals surface area contributed by atoms with Gasteiger partial charge in [-0.15, -0.1) is 23.4 Å². The van der Waals surface area contributed by atoms with E-state index >= 15 is 0 Å². The summed E-state index contributed by atoms with van der Waals surface area (Å²) in [5.74, 6) is 1.64. The molecule has 5 nitrogen and oxygen atoms in total. The highest BCUT2D eigenvalue weighted by atomic mass is 32.2. The van der Waals surface area contributed by atoms with Crippen LogP contribution in [0.4, 0.5) is 5.69 Å². The Bertz CT molecular complexity index is 1140. The average molecular weight is 459 g/mol. The number of nitrogens with zero attached hydrogens (tertiary/aromatic N) is 3. The van der Waals surface area contributed by atoms with Crippen LogP contribution < -0.4 is 5.32 Å². The largest absolute Gasteiger partial charge is 0.324 e. The molecular formula is C25H22N4OS2. The summed E-state index contributed by atoms with van der Waals surface area (Å²) in [5, 5.41) is 8.22. The third-order valence-corrected chi connectivity index (χ3v) is 6.38. The first-order valence-corrected chi connectivity index (χ1v) is 12.0. The smallest absolute Gasteiger partial charge is 0.234 e. The zero-order valence-corrected chi connectivity index (χ0v) is 19.0. The van der Waals surface area contributed by atoms with Gasteiger partial charge in [0.05, 0.1) is 17.1 Å². The van der Waals surface area contributed by atoms with Crippen LogP contribution in [-0.4, -0.2) is 32.2 Å². The molecule has 0 unspecified atom stereocenters. The summed E-state index contributed by atoms with van der Waals surface area (Å²) >= 11 is 2.95. The predicted molar refractivity (Wildman–Crippen MR) is 134 cm³/mol. The second-order valence-electron chi connectivity index (χ2n) is 6.76. The maximum absolute atomic E-state index is 12.6. The molecule has 0 aliphatic carbocycles. The molecule has 0 spiro atoms. The molecule has 1 heterocycles. The van der Waals surface area contributed by atoms with Crippen molar-refractivity contribution in [1.29, 1.82) is 0 Å². The monoisotopic (exact) mass is 458 g/mol. The van der Waals surface area contributed by atoms with Gasteiger partial charge in [0, 0.05) is 16.2 Å². The van der Waals surface area contributed by atoms with E-state index in [1.165, 1.54) is 11.8 Å². The highest BCUT2D eigenvalue weighted by Gasteiger charge is 2.15. The summed E-state index contributed by atoms with van der Waals surface area (Å²) in [4.78, 5) is 18.4. The van der Waals surface area contributed by atoms with Crippen LogP contribution in [0.3, 0.4) is 0 Å². The quantitative estimate of drug-likeness (QED) is 0.248. The van der Waals surface area contributed by atoms with E-state index in [0.29, 0.717) is 5.16 Å². The molecule has 0 aliphatic rings. The van der Waals surface area contributed by atoms with Gasteiger partial charge in [0.1, 0.15) is 0 Å². The van der Waals surface area contributed by atoms with E-state index in [-0.39, 0.29) is 11.7 Å². The third-order valence-electron chi connectivity index (χ3n) is 4.47. The standard InChI is InChI=1S/C25H22N4OS2/c1-2-17-31-22-16-10-9-15-21(22)26-23(30)18-32-25-27-24(19-11-5-3-6-12-19)29(28-25)20-13-7-4-8-14-20/h2-16H,1,17-18H2,(H,26,30). The molecule has 4 rings (SSSR count). The van der Waals surface area contributed by atoms with Crippen LogP contribution in [0, 0.1) is 0 Å². The van der Waals surface area contributed by atoms with Crippen LogP contribution in [0.15, 0.2) is 108 Å². The Morgan fingerprint density at radius 2 is 1.62 bits per heavy atom. The van der Waals surface area contributed by atoms with Gasteiger partial charge in [-0.05, 0) is 24.3 Å². The number of para-hydroxylation sites is 2. The van der Waals surface area contributed by atoms with Crippen molar-refractivity contribution in [2.75, 3.05) is 16.8 Å². The maximum Gasteiger partial charge on any atom is 0.234 e. The number of nitrogens with one attached hydrogen (secondary N) is 1. The summed E-state index contributed by atoms with van der Waals surface area (Å²) in [5.41, 5.74) is 2.69. The number of thioether (sulfide) groups is 2. The molecular weight excluding hydrogens is 436 g/mol. The SMILES string of the molecule is C=CCSc1ccccc1NC(=O)CSc1nc(-c2ccccc2)n(-c2ccccc2)n1. The Kier molecular flexibility index (Phi) is 7.42. The third kappa shape index (κ3) is 5.49. The molecule has 160 valence electrons. The molecule has 4 aromatic rings. The molecule has 1 amide bonds. The van der Waals surface area contributed by atoms with E-state index in [1.807, 2.05) is 95.7 Å². The predicted octanol–water partition coefficient (Wildman–Crippen LogP) is 5.94. The van der Waals surface area contributed by atoms with Gasteiger partial charge in [-0.25, -0.2) is 9.67 Å². The Balaban J connectivity index is 1.50. The topological polar surface area (TPSA) is 59.8 Å². The normalized spacial score (nSPS) is 10.6. The second kappa shape index (κ2) is 10.8. The lowest BCUT2D eigenvalue weighted by atomic mass is 10.2. The van der Waals surface area contributed by atoms with Crippen LogP contribution >= 0.6 is 23.5 Å². The van der Waals surface area contributed by atoms with Gasteiger partial charge in [-0.2, -0.15) is 0 Å². The van der Waals surface area contributed by atoms with Crippen molar-refractivity contribution in [3.8, 4) is 17.1 Å². The van der Waals surface area contributed by atoms with Crippen LogP contribution in [0.2, 0.25) is 0 Å². The van der Waals surface area contributed by atoms with Gasteiger partial charge in [0.2, 0.25) is 11.1 Å². The molecule has 0 saturated carbocycles. The van der Waals surface area contributed by atoms with Crippen LogP contribution in [0.5, 0.6) is 0 Å². The summed E-state index contributed by atoms with van der Waals surface area (Å²) in [6.45, 7) is 3.75. The van der Waals surface area contributed by atoms with Gasteiger partial charge >= 0.3 is 0 Å². The molecule has 32 heavy (non-hydrogen) atoms. The molecule has 0 saturated heterocycles. The fraction of sp³-hybridized carbons (Fsp3) is 0.0800. The van der Waals surface area contributed by atoms with E-state index < -0.39 is 0 Å². The van der Waals surface area contributed by atoms with Crippen LogP contribution in [0.1, 0.15) is 0 Å². The number of hydrogen-bond donors (Lipinski definition) is 1. The summed E-state index contributed by atoms with van der Waals surface area (Å²) < 4.78 is 1.82. The number of rotatable bonds is 9. The highest BCUT2D eigenvalue weighted by molar-refractivity contribution is 8.00. The zero-order valence-electron chi connectivity index (χ0n) is 17.3. The van der Waals surface area contributed by atoms with Gasteiger partial charge in [-0.3, -0.25) is 4.79 Å². The van der Waals surface area contributed by atoms with E-state index in [9.17, 15) is 4.79 Å². The van der Waals surface area contributed by atoms with Crippen molar-refractivity contribution in [3.05, 3.63) is 97.6 Å². The van der Waals surface area contributed by atoms with Gasteiger partial charge in [0.15, 0.2) is 5.82 Å². The number of carbonyl (C=O) groups excluding carboxylic acids is 1. The van der Waals surface area contributed by atoms with Gasteiger partial charge < -0.3 is 5.32 Å². The molecule has 0 fully saturated rings. The summed E-state index contributed by atoms with van der Waals surface area (Å²) in [6.07, 6.45) is 1.85. The van der Waals surface area contributed by atoms with Crippen LogP contribution in [0.25, 0.3) is 17.1 Å². The van der Waals surface area contributed by atoms with E-state index in [4.69, 9.17) is 4.98 Å².